The molecule has 1 aromatic carbocycles. The molecule has 0 amide bonds. The third-order valence-electron chi connectivity index (χ3n) is 2.24. The van der Waals surface area contributed by atoms with Crippen LogP contribution < -0.4 is 4.74 Å². The minimum atomic E-state index is -1.73. The summed E-state index contributed by atoms with van der Waals surface area (Å²) in [6.07, 6.45) is -1.73. The largest absolute Gasteiger partial charge is 0.497 e. The average molecular weight is 226 g/mol. The zero-order chi connectivity index (χ0) is 12.1. The zero-order valence-electron chi connectivity index (χ0n) is 9.62. The quantitative estimate of drug-likeness (QED) is 0.740. The molecule has 4 heteroatoms. The fraction of sp³-hybridized carbons (Fsp3) is 0.417. The molecule has 0 bridgehead atoms. The van der Waals surface area contributed by atoms with Crippen LogP contribution in [0, 0.1) is 6.92 Å². The molecule has 0 aromatic heterocycles. The van der Waals surface area contributed by atoms with Gasteiger partial charge in [0.05, 0.1) is 13.7 Å². The summed E-state index contributed by atoms with van der Waals surface area (Å²) in [5.41, 5.74) is 0.985. The first-order chi connectivity index (χ1) is 7.60. The maximum Gasteiger partial charge on any atom is 0.345 e. The molecule has 0 spiro atoms. The van der Waals surface area contributed by atoms with Crippen molar-refractivity contribution in [3.05, 3.63) is 29.3 Å². The van der Waals surface area contributed by atoms with Gasteiger partial charge in [0, 0.05) is 5.56 Å². The Bertz CT molecular complexity index is 377. The topological polar surface area (TPSA) is 35.5 Å². The van der Waals surface area contributed by atoms with Crippen LogP contribution in [0.25, 0.3) is 0 Å². The van der Waals surface area contributed by atoms with Crippen molar-refractivity contribution in [1.29, 1.82) is 0 Å². The minimum Gasteiger partial charge on any atom is -0.497 e. The molecule has 0 aliphatic carbocycles. The highest BCUT2D eigenvalue weighted by molar-refractivity contribution is 5.77. The predicted octanol–water partition coefficient (Wildman–Crippen LogP) is 2.58. The van der Waals surface area contributed by atoms with Gasteiger partial charge in [0.25, 0.3) is 0 Å². The Morgan fingerprint density at radius 1 is 1.50 bits per heavy atom. The Hall–Kier alpha value is -1.58. The molecule has 88 valence electrons. The van der Waals surface area contributed by atoms with Crippen LogP contribution in [0.15, 0.2) is 18.2 Å². The molecule has 0 saturated heterocycles. The molecule has 3 nitrogen and oxygen atoms in total. The van der Waals surface area contributed by atoms with Crippen LogP contribution in [0.4, 0.5) is 4.39 Å². The average Bonchev–Trinajstić information content (AvgIpc) is 2.28. The van der Waals surface area contributed by atoms with Crippen LogP contribution in [-0.2, 0) is 9.53 Å². The Morgan fingerprint density at radius 2 is 2.19 bits per heavy atom. The lowest BCUT2D eigenvalue weighted by atomic mass is 10.0. The Kier molecular flexibility index (Phi) is 4.28. The van der Waals surface area contributed by atoms with Gasteiger partial charge in [0.1, 0.15) is 5.75 Å². The predicted molar refractivity (Wildman–Crippen MR) is 58.2 cm³/mol. The maximum atomic E-state index is 13.7. The summed E-state index contributed by atoms with van der Waals surface area (Å²) < 4.78 is 23.3. The van der Waals surface area contributed by atoms with Crippen LogP contribution >= 0.6 is 0 Å². The third-order valence-corrected chi connectivity index (χ3v) is 2.24. The molecular formula is C12H15FO3. The SMILES string of the molecule is CCOC(=O)C(F)c1ccc(OC)cc1C. The van der Waals surface area contributed by atoms with E-state index in [1.54, 1.807) is 26.0 Å². The van der Waals surface area contributed by atoms with Gasteiger partial charge >= 0.3 is 5.97 Å². The van der Waals surface area contributed by atoms with Crippen molar-refractivity contribution >= 4 is 5.97 Å². The van der Waals surface area contributed by atoms with Gasteiger partial charge in [-0.25, -0.2) is 9.18 Å². The minimum absolute atomic E-state index is 0.175. The van der Waals surface area contributed by atoms with Crippen molar-refractivity contribution in [3.8, 4) is 5.75 Å². The summed E-state index contributed by atoms with van der Waals surface area (Å²) in [6.45, 7) is 3.55. The van der Waals surface area contributed by atoms with Crippen molar-refractivity contribution in [3.63, 3.8) is 0 Å². The molecule has 1 atom stereocenters. The molecule has 0 aliphatic heterocycles. The summed E-state index contributed by atoms with van der Waals surface area (Å²) in [6, 6.07) is 4.84. The lowest BCUT2D eigenvalue weighted by molar-refractivity contribution is -0.149. The molecule has 0 N–H and O–H groups in total. The Labute approximate surface area is 94.2 Å². The van der Waals surface area contributed by atoms with Gasteiger partial charge in [-0.15, -0.1) is 0 Å². The summed E-state index contributed by atoms with van der Waals surface area (Å²) in [4.78, 5) is 11.2. The number of hydrogen-bond donors (Lipinski definition) is 0. The van der Waals surface area contributed by atoms with Crippen molar-refractivity contribution in [1.82, 2.24) is 0 Å². The number of aryl methyl sites for hydroxylation is 1. The van der Waals surface area contributed by atoms with Gasteiger partial charge in [-0.3, -0.25) is 0 Å². The standard InChI is InChI=1S/C12H15FO3/c1-4-16-12(14)11(13)10-6-5-9(15-3)7-8(10)2/h5-7,11H,4H2,1-3H3. The highest BCUT2D eigenvalue weighted by Crippen LogP contribution is 2.25. The van der Waals surface area contributed by atoms with Crippen molar-refractivity contribution in [2.45, 2.75) is 20.0 Å². The first-order valence-corrected chi connectivity index (χ1v) is 5.05. The van der Waals surface area contributed by atoms with Crippen LogP contribution in [0.3, 0.4) is 0 Å². The van der Waals surface area contributed by atoms with E-state index in [0.29, 0.717) is 16.9 Å². The lowest BCUT2D eigenvalue weighted by Gasteiger charge is -2.11. The lowest BCUT2D eigenvalue weighted by Crippen LogP contribution is -2.12. The number of rotatable bonds is 4. The normalized spacial score (nSPS) is 12.0. The number of carbonyl (C=O) groups is 1. The smallest absolute Gasteiger partial charge is 0.345 e. The van der Waals surface area contributed by atoms with E-state index in [-0.39, 0.29) is 6.61 Å². The van der Waals surface area contributed by atoms with E-state index in [0.717, 1.165) is 0 Å². The number of alkyl halides is 1. The van der Waals surface area contributed by atoms with E-state index in [4.69, 9.17) is 4.74 Å². The second-order valence-electron chi connectivity index (χ2n) is 3.34. The van der Waals surface area contributed by atoms with Crippen LogP contribution in [0.2, 0.25) is 0 Å². The second-order valence-corrected chi connectivity index (χ2v) is 3.34. The van der Waals surface area contributed by atoms with Crippen LogP contribution in [0.5, 0.6) is 5.75 Å². The maximum absolute atomic E-state index is 13.7. The number of hydrogen-bond acceptors (Lipinski definition) is 3. The van der Waals surface area contributed by atoms with Gasteiger partial charge in [0.15, 0.2) is 0 Å². The summed E-state index contributed by atoms with van der Waals surface area (Å²) in [7, 11) is 1.53. The van der Waals surface area contributed by atoms with Crippen molar-refractivity contribution in [2.75, 3.05) is 13.7 Å². The number of methoxy groups -OCH3 is 1. The second kappa shape index (κ2) is 5.49. The van der Waals surface area contributed by atoms with E-state index in [1.165, 1.54) is 13.2 Å². The summed E-state index contributed by atoms with van der Waals surface area (Å²) in [5, 5.41) is 0. The highest BCUT2D eigenvalue weighted by atomic mass is 19.1. The number of halogens is 1. The molecule has 1 unspecified atom stereocenters. The summed E-state index contributed by atoms with van der Waals surface area (Å²) >= 11 is 0. The van der Waals surface area contributed by atoms with Crippen LogP contribution in [0.1, 0.15) is 24.2 Å². The highest BCUT2D eigenvalue weighted by Gasteiger charge is 2.22. The van der Waals surface area contributed by atoms with E-state index in [9.17, 15) is 9.18 Å². The van der Waals surface area contributed by atoms with Crippen molar-refractivity contribution in [2.24, 2.45) is 0 Å². The molecule has 1 aromatic rings. The van der Waals surface area contributed by atoms with E-state index >= 15 is 0 Å². The molecular weight excluding hydrogens is 211 g/mol. The molecule has 1 rings (SSSR count). The number of ether oxygens (including phenoxy) is 2. The van der Waals surface area contributed by atoms with E-state index in [1.807, 2.05) is 0 Å². The summed E-state index contributed by atoms with van der Waals surface area (Å²) in [5.74, 6) is -0.215. The third kappa shape index (κ3) is 2.72. The van der Waals surface area contributed by atoms with E-state index < -0.39 is 12.1 Å². The monoisotopic (exact) mass is 226 g/mol. The Balaban J connectivity index is 2.91. The van der Waals surface area contributed by atoms with Gasteiger partial charge in [-0.1, -0.05) is 6.07 Å². The number of carbonyl (C=O) groups excluding carboxylic acids is 1. The number of benzene rings is 1. The van der Waals surface area contributed by atoms with Gasteiger partial charge in [-0.05, 0) is 31.5 Å². The fourth-order valence-corrected chi connectivity index (χ4v) is 1.40. The molecule has 0 saturated carbocycles. The molecule has 0 aliphatic rings. The first-order valence-electron chi connectivity index (χ1n) is 5.05. The van der Waals surface area contributed by atoms with Gasteiger partial charge in [-0.2, -0.15) is 0 Å². The zero-order valence-corrected chi connectivity index (χ0v) is 9.62. The Morgan fingerprint density at radius 3 is 2.69 bits per heavy atom. The molecule has 0 radical (unpaired) electrons. The van der Waals surface area contributed by atoms with Crippen LogP contribution in [-0.4, -0.2) is 19.7 Å². The molecule has 16 heavy (non-hydrogen) atoms. The van der Waals surface area contributed by atoms with Crippen molar-refractivity contribution < 1.29 is 18.7 Å². The van der Waals surface area contributed by atoms with Gasteiger partial charge in [0.2, 0.25) is 6.17 Å². The molecule has 0 heterocycles. The van der Waals surface area contributed by atoms with E-state index in [2.05, 4.69) is 4.74 Å². The molecule has 0 fully saturated rings. The fourth-order valence-electron chi connectivity index (χ4n) is 1.40. The first kappa shape index (κ1) is 12.5. The van der Waals surface area contributed by atoms with Gasteiger partial charge < -0.3 is 9.47 Å². The number of esters is 1.